The molecule has 0 aromatic heterocycles. The second-order valence-electron chi connectivity index (χ2n) is 4.94. The summed E-state index contributed by atoms with van der Waals surface area (Å²) in [7, 11) is 0. The van der Waals surface area contributed by atoms with Gasteiger partial charge in [-0.25, -0.2) is 0 Å². The van der Waals surface area contributed by atoms with Crippen LogP contribution in [0.2, 0.25) is 5.02 Å². The Kier molecular flexibility index (Phi) is 5.54. The van der Waals surface area contributed by atoms with Crippen LogP contribution in [0.3, 0.4) is 0 Å². The van der Waals surface area contributed by atoms with E-state index in [2.05, 4.69) is 26.1 Å². The number of nitrogens with one attached hydrogen (secondary N) is 1. The molecule has 0 saturated carbocycles. The highest BCUT2D eigenvalue weighted by molar-refractivity contribution is 8.00. The first kappa shape index (κ1) is 15.4. The van der Waals surface area contributed by atoms with Crippen molar-refractivity contribution in [1.29, 1.82) is 0 Å². The van der Waals surface area contributed by atoms with Gasteiger partial charge < -0.3 is 5.32 Å². The molecule has 0 fully saturated rings. The smallest absolute Gasteiger partial charge is 0.221 e. The molecule has 0 aliphatic rings. The summed E-state index contributed by atoms with van der Waals surface area (Å²) < 4.78 is 0.175. The zero-order chi connectivity index (χ0) is 13.8. The highest BCUT2D eigenvalue weighted by atomic mass is 35.5. The van der Waals surface area contributed by atoms with Crippen LogP contribution in [0.1, 0.15) is 40.5 Å². The van der Waals surface area contributed by atoms with Crippen LogP contribution in [0.4, 0.5) is 5.69 Å². The van der Waals surface area contributed by atoms with Crippen molar-refractivity contribution in [2.45, 2.75) is 50.2 Å². The number of hydrogen-bond acceptors (Lipinski definition) is 2. The quantitative estimate of drug-likeness (QED) is 0.774. The highest BCUT2D eigenvalue weighted by Gasteiger charge is 2.19. The summed E-state index contributed by atoms with van der Waals surface area (Å²) in [6.45, 7) is 8.11. The predicted octanol–water partition coefficient (Wildman–Crippen LogP) is 4.97. The number of amides is 1. The van der Waals surface area contributed by atoms with E-state index >= 15 is 0 Å². The van der Waals surface area contributed by atoms with Gasteiger partial charge in [-0.1, -0.05) is 38.8 Å². The molecule has 1 aromatic rings. The zero-order valence-corrected chi connectivity index (χ0v) is 12.9. The van der Waals surface area contributed by atoms with Crippen LogP contribution in [-0.2, 0) is 4.79 Å². The van der Waals surface area contributed by atoms with Gasteiger partial charge in [0.15, 0.2) is 0 Å². The van der Waals surface area contributed by atoms with E-state index in [0.29, 0.717) is 5.02 Å². The highest BCUT2D eigenvalue weighted by Crippen LogP contribution is 2.40. The first-order valence-corrected chi connectivity index (χ1v) is 7.29. The molecular formula is C14H20ClNOS. The molecule has 1 amide bonds. The van der Waals surface area contributed by atoms with Gasteiger partial charge in [-0.3, -0.25) is 4.79 Å². The normalized spacial score (nSPS) is 11.4. The van der Waals surface area contributed by atoms with Crippen LogP contribution >= 0.6 is 23.4 Å². The van der Waals surface area contributed by atoms with E-state index in [0.717, 1.165) is 23.4 Å². The van der Waals surface area contributed by atoms with E-state index < -0.39 is 0 Å². The zero-order valence-electron chi connectivity index (χ0n) is 11.3. The maximum atomic E-state index is 11.0. The van der Waals surface area contributed by atoms with Crippen LogP contribution in [-0.4, -0.2) is 10.7 Å². The summed E-state index contributed by atoms with van der Waals surface area (Å²) in [5.41, 5.74) is 0.741. The van der Waals surface area contributed by atoms with Crippen LogP contribution in [0.15, 0.2) is 23.1 Å². The fraction of sp³-hybridized carbons (Fsp3) is 0.500. The lowest BCUT2D eigenvalue weighted by molar-refractivity contribution is -0.114. The number of carbonyl (C=O) groups excluding carboxylic acids is 1. The van der Waals surface area contributed by atoms with Crippen molar-refractivity contribution in [3.63, 3.8) is 0 Å². The third kappa shape index (κ3) is 4.91. The molecule has 1 aromatic carbocycles. The summed E-state index contributed by atoms with van der Waals surface area (Å²) >= 11 is 8.03. The van der Waals surface area contributed by atoms with E-state index in [1.54, 1.807) is 17.8 Å². The fourth-order valence-corrected chi connectivity index (χ4v) is 3.31. The minimum absolute atomic E-state index is 0.0854. The molecule has 1 rings (SSSR count). The van der Waals surface area contributed by atoms with Crippen LogP contribution < -0.4 is 5.32 Å². The number of anilines is 1. The van der Waals surface area contributed by atoms with Gasteiger partial charge in [-0.05, 0) is 24.6 Å². The first-order chi connectivity index (χ1) is 8.34. The van der Waals surface area contributed by atoms with Gasteiger partial charge in [-0.2, -0.15) is 0 Å². The average molecular weight is 286 g/mol. The van der Waals surface area contributed by atoms with E-state index in [1.807, 2.05) is 12.1 Å². The minimum Gasteiger partial charge on any atom is -0.326 e. The molecule has 2 nitrogen and oxygen atoms in total. The minimum atomic E-state index is -0.0854. The third-order valence-electron chi connectivity index (χ3n) is 2.49. The average Bonchev–Trinajstić information content (AvgIpc) is 2.21. The van der Waals surface area contributed by atoms with Gasteiger partial charge in [0.2, 0.25) is 5.91 Å². The Labute approximate surface area is 118 Å². The van der Waals surface area contributed by atoms with Gasteiger partial charge >= 0.3 is 0 Å². The fourth-order valence-electron chi connectivity index (χ4n) is 1.82. The number of benzene rings is 1. The van der Waals surface area contributed by atoms with E-state index in [-0.39, 0.29) is 10.7 Å². The Morgan fingerprint density at radius 1 is 1.44 bits per heavy atom. The van der Waals surface area contributed by atoms with Crippen molar-refractivity contribution in [2.24, 2.45) is 0 Å². The summed E-state index contributed by atoms with van der Waals surface area (Å²) in [5, 5.41) is 3.42. The largest absolute Gasteiger partial charge is 0.326 e. The van der Waals surface area contributed by atoms with Crippen molar-refractivity contribution in [2.75, 3.05) is 5.32 Å². The van der Waals surface area contributed by atoms with Gasteiger partial charge in [0.1, 0.15) is 0 Å². The molecule has 0 aliphatic heterocycles. The SMILES string of the molecule is CCCC(C)(C)Sc1ccc(NC(C)=O)cc1Cl. The molecule has 0 heterocycles. The Balaban J connectivity index is 2.82. The van der Waals surface area contributed by atoms with Crippen LogP contribution in [0.25, 0.3) is 0 Å². The molecule has 0 aliphatic carbocycles. The molecule has 0 atom stereocenters. The Bertz CT molecular complexity index is 432. The number of halogens is 1. The number of carbonyl (C=O) groups is 1. The van der Waals surface area contributed by atoms with E-state index in [4.69, 9.17) is 11.6 Å². The van der Waals surface area contributed by atoms with Crippen molar-refractivity contribution in [3.8, 4) is 0 Å². The lowest BCUT2D eigenvalue weighted by Gasteiger charge is -2.24. The Morgan fingerprint density at radius 2 is 2.11 bits per heavy atom. The molecule has 18 heavy (non-hydrogen) atoms. The number of hydrogen-bond donors (Lipinski definition) is 1. The molecule has 0 unspecified atom stereocenters. The third-order valence-corrected chi connectivity index (χ3v) is 4.25. The van der Waals surface area contributed by atoms with Gasteiger partial charge in [0.25, 0.3) is 0 Å². The maximum Gasteiger partial charge on any atom is 0.221 e. The van der Waals surface area contributed by atoms with Crippen molar-refractivity contribution in [1.82, 2.24) is 0 Å². The molecule has 0 radical (unpaired) electrons. The molecule has 0 saturated heterocycles. The molecule has 0 spiro atoms. The molecule has 0 bridgehead atoms. The standard InChI is InChI=1S/C14H20ClNOS/c1-5-8-14(3,4)18-13-7-6-11(9-12(13)15)16-10(2)17/h6-7,9H,5,8H2,1-4H3,(H,16,17). The second kappa shape index (κ2) is 6.48. The van der Waals surface area contributed by atoms with Crippen molar-refractivity contribution < 1.29 is 4.79 Å². The number of rotatable bonds is 5. The van der Waals surface area contributed by atoms with Gasteiger partial charge in [-0.15, -0.1) is 11.8 Å². The van der Waals surface area contributed by atoms with Gasteiger partial charge in [0, 0.05) is 22.3 Å². The topological polar surface area (TPSA) is 29.1 Å². The Hall–Kier alpha value is -0.670. The lowest BCUT2D eigenvalue weighted by atomic mass is 10.1. The monoisotopic (exact) mass is 285 g/mol. The van der Waals surface area contributed by atoms with Crippen molar-refractivity contribution in [3.05, 3.63) is 23.2 Å². The van der Waals surface area contributed by atoms with E-state index in [9.17, 15) is 4.79 Å². The molecule has 4 heteroatoms. The summed E-state index contributed by atoms with van der Waals surface area (Å²) in [6, 6.07) is 5.65. The lowest BCUT2D eigenvalue weighted by Crippen LogP contribution is -2.13. The summed E-state index contributed by atoms with van der Waals surface area (Å²) in [5.74, 6) is -0.0854. The summed E-state index contributed by atoms with van der Waals surface area (Å²) in [4.78, 5) is 12.0. The first-order valence-electron chi connectivity index (χ1n) is 6.10. The maximum absolute atomic E-state index is 11.0. The summed E-state index contributed by atoms with van der Waals surface area (Å²) in [6.07, 6.45) is 2.29. The van der Waals surface area contributed by atoms with Crippen LogP contribution in [0, 0.1) is 0 Å². The van der Waals surface area contributed by atoms with Crippen molar-refractivity contribution >= 4 is 35.0 Å². The Morgan fingerprint density at radius 3 is 2.61 bits per heavy atom. The van der Waals surface area contributed by atoms with Gasteiger partial charge in [0.05, 0.1) is 5.02 Å². The predicted molar refractivity (Wildman–Crippen MR) is 80.6 cm³/mol. The number of thioether (sulfide) groups is 1. The van der Waals surface area contributed by atoms with E-state index in [1.165, 1.54) is 6.92 Å². The molecular weight excluding hydrogens is 266 g/mol. The molecule has 1 N–H and O–H groups in total. The second-order valence-corrected chi connectivity index (χ2v) is 7.09. The van der Waals surface area contributed by atoms with Crippen LogP contribution in [0.5, 0.6) is 0 Å². The molecule has 100 valence electrons.